The molecule has 118 valence electrons. The van der Waals surface area contributed by atoms with Crippen LogP contribution in [-0.2, 0) is 14.4 Å². The summed E-state index contributed by atoms with van der Waals surface area (Å²) in [5, 5.41) is 1.05. The minimum atomic E-state index is -0.654. The lowest BCUT2D eigenvalue weighted by molar-refractivity contribution is -0.137. The van der Waals surface area contributed by atoms with Gasteiger partial charge in [-0.2, -0.15) is 0 Å². The first-order chi connectivity index (χ1) is 10.6. The third-order valence-electron chi connectivity index (χ3n) is 2.76. The number of hydroxylamine groups is 2. The number of benzene rings is 1. The molecule has 0 N–H and O–H groups in total. The second-order valence-corrected chi connectivity index (χ2v) is 4.25. The van der Waals surface area contributed by atoms with Gasteiger partial charge in [0.2, 0.25) is 0 Å². The van der Waals surface area contributed by atoms with Crippen molar-refractivity contribution in [2.24, 2.45) is 0 Å². The van der Waals surface area contributed by atoms with Crippen LogP contribution < -0.4 is 0 Å². The van der Waals surface area contributed by atoms with Gasteiger partial charge < -0.3 is 4.79 Å². The molecule has 0 saturated carbocycles. The molecule has 1 aromatic rings. The van der Waals surface area contributed by atoms with Gasteiger partial charge >= 0.3 is 6.03 Å². The summed E-state index contributed by atoms with van der Waals surface area (Å²) < 4.78 is 0. The Balaban J connectivity index is 2.85. The minimum absolute atomic E-state index is 0.276. The van der Waals surface area contributed by atoms with Gasteiger partial charge in [0.25, 0.3) is 5.91 Å². The van der Waals surface area contributed by atoms with Crippen molar-refractivity contribution in [2.45, 2.75) is 13.8 Å². The Kier molecular flexibility index (Phi) is 7.56. The number of urea groups is 1. The van der Waals surface area contributed by atoms with Gasteiger partial charge in [0.1, 0.15) is 6.29 Å². The molecule has 1 rings (SSSR count). The molecule has 6 heteroatoms. The SMILES string of the molecule is CCON(CC)C(=O)N(CC=O)C(=O)C=Cc1ccccc1. The molecule has 0 heterocycles. The number of aldehydes is 1. The highest BCUT2D eigenvalue weighted by Crippen LogP contribution is 2.05. The van der Waals surface area contributed by atoms with Crippen LogP contribution in [0.4, 0.5) is 4.79 Å². The number of rotatable bonds is 7. The Morgan fingerprint density at radius 2 is 1.86 bits per heavy atom. The van der Waals surface area contributed by atoms with E-state index in [0.29, 0.717) is 12.9 Å². The van der Waals surface area contributed by atoms with Crippen molar-refractivity contribution in [2.75, 3.05) is 19.7 Å². The average molecular weight is 304 g/mol. The standard InChI is InChI=1S/C16H20N2O4/c1-3-18(22-4-2)16(21)17(12-13-19)15(20)11-10-14-8-6-5-7-9-14/h5-11,13H,3-4,12H2,1-2H3. The summed E-state index contributed by atoms with van der Waals surface area (Å²) >= 11 is 0. The van der Waals surface area contributed by atoms with Crippen molar-refractivity contribution >= 4 is 24.3 Å². The van der Waals surface area contributed by atoms with Gasteiger partial charge in [0.15, 0.2) is 0 Å². The Morgan fingerprint density at radius 3 is 2.41 bits per heavy atom. The lowest BCUT2D eigenvalue weighted by atomic mass is 10.2. The maximum Gasteiger partial charge on any atom is 0.351 e. The molecule has 3 amide bonds. The first-order valence-corrected chi connectivity index (χ1v) is 7.06. The maximum atomic E-state index is 12.2. The topological polar surface area (TPSA) is 66.9 Å². The number of imide groups is 1. The Hall–Kier alpha value is -2.47. The second-order valence-electron chi connectivity index (χ2n) is 4.25. The summed E-state index contributed by atoms with van der Waals surface area (Å²) in [6.45, 7) is 3.70. The molecule has 0 bridgehead atoms. The van der Waals surface area contributed by atoms with Crippen molar-refractivity contribution < 1.29 is 19.2 Å². The lowest BCUT2D eigenvalue weighted by Gasteiger charge is -2.25. The molecule has 6 nitrogen and oxygen atoms in total. The van der Waals surface area contributed by atoms with Crippen LogP contribution in [0.15, 0.2) is 36.4 Å². The van der Waals surface area contributed by atoms with E-state index >= 15 is 0 Å². The van der Waals surface area contributed by atoms with Crippen LogP contribution in [0.1, 0.15) is 19.4 Å². The number of hydrogen-bond donors (Lipinski definition) is 0. The predicted molar refractivity (Wildman–Crippen MR) is 82.7 cm³/mol. The van der Waals surface area contributed by atoms with E-state index in [4.69, 9.17) is 4.84 Å². The number of nitrogens with zero attached hydrogens (tertiary/aromatic N) is 2. The molecule has 0 unspecified atom stereocenters. The number of carbonyl (C=O) groups excluding carboxylic acids is 3. The summed E-state index contributed by atoms with van der Waals surface area (Å²) in [5.74, 6) is -0.570. The molecule has 0 fully saturated rings. The van der Waals surface area contributed by atoms with Crippen molar-refractivity contribution in [3.8, 4) is 0 Å². The third-order valence-corrected chi connectivity index (χ3v) is 2.76. The summed E-state index contributed by atoms with van der Waals surface area (Å²) in [7, 11) is 0. The van der Waals surface area contributed by atoms with Gasteiger partial charge in [0.05, 0.1) is 13.2 Å². The summed E-state index contributed by atoms with van der Waals surface area (Å²) in [5.41, 5.74) is 0.825. The number of amides is 3. The minimum Gasteiger partial charge on any atom is -0.301 e. The normalized spacial score (nSPS) is 10.5. The van der Waals surface area contributed by atoms with Crippen molar-refractivity contribution in [1.29, 1.82) is 0 Å². The molecular weight excluding hydrogens is 284 g/mol. The van der Waals surface area contributed by atoms with E-state index in [9.17, 15) is 14.4 Å². The van der Waals surface area contributed by atoms with Crippen LogP contribution in [0.25, 0.3) is 6.08 Å². The van der Waals surface area contributed by atoms with Gasteiger partial charge in [-0.05, 0) is 25.5 Å². The second kappa shape index (κ2) is 9.46. The van der Waals surface area contributed by atoms with Gasteiger partial charge in [0, 0.05) is 12.6 Å². The summed E-state index contributed by atoms with van der Waals surface area (Å²) in [6, 6.07) is 8.54. The molecule has 0 atom stereocenters. The quantitative estimate of drug-likeness (QED) is 0.439. The van der Waals surface area contributed by atoms with E-state index in [1.54, 1.807) is 19.9 Å². The van der Waals surface area contributed by atoms with Crippen molar-refractivity contribution in [3.05, 3.63) is 42.0 Å². The Bertz CT molecular complexity index is 528. The van der Waals surface area contributed by atoms with Crippen molar-refractivity contribution in [1.82, 2.24) is 9.96 Å². The van der Waals surface area contributed by atoms with E-state index < -0.39 is 11.9 Å². The van der Waals surface area contributed by atoms with Crippen LogP contribution in [0.3, 0.4) is 0 Å². The molecular formula is C16H20N2O4. The molecule has 1 aromatic carbocycles. The zero-order chi connectivity index (χ0) is 16.4. The van der Waals surface area contributed by atoms with E-state index in [1.165, 1.54) is 6.08 Å². The van der Waals surface area contributed by atoms with E-state index in [-0.39, 0.29) is 13.1 Å². The maximum absolute atomic E-state index is 12.2. The van der Waals surface area contributed by atoms with Gasteiger partial charge in [-0.25, -0.2) is 9.86 Å². The largest absolute Gasteiger partial charge is 0.351 e. The zero-order valence-corrected chi connectivity index (χ0v) is 12.8. The summed E-state index contributed by atoms with van der Waals surface area (Å²) in [6.07, 6.45) is 3.35. The summed E-state index contributed by atoms with van der Waals surface area (Å²) in [4.78, 5) is 41.1. The van der Waals surface area contributed by atoms with Crippen molar-refractivity contribution in [3.63, 3.8) is 0 Å². The molecule has 0 radical (unpaired) electrons. The molecule has 0 aliphatic heterocycles. The zero-order valence-electron chi connectivity index (χ0n) is 12.8. The first kappa shape index (κ1) is 17.6. The van der Waals surface area contributed by atoms with Gasteiger partial charge in [-0.3, -0.25) is 14.5 Å². The number of carbonyl (C=O) groups is 3. The van der Waals surface area contributed by atoms with Crippen LogP contribution in [0, 0.1) is 0 Å². The monoisotopic (exact) mass is 304 g/mol. The first-order valence-electron chi connectivity index (χ1n) is 7.06. The molecule has 0 aliphatic rings. The van der Waals surface area contributed by atoms with E-state index in [1.807, 2.05) is 30.3 Å². The molecule has 0 spiro atoms. The van der Waals surface area contributed by atoms with E-state index in [2.05, 4.69) is 0 Å². The lowest BCUT2D eigenvalue weighted by Crippen LogP contribution is -2.46. The van der Waals surface area contributed by atoms with E-state index in [0.717, 1.165) is 15.5 Å². The smallest absolute Gasteiger partial charge is 0.301 e. The highest BCUT2D eigenvalue weighted by Gasteiger charge is 2.24. The van der Waals surface area contributed by atoms with Crippen LogP contribution in [0.2, 0.25) is 0 Å². The van der Waals surface area contributed by atoms with Gasteiger partial charge in [-0.1, -0.05) is 30.3 Å². The van der Waals surface area contributed by atoms with Crippen LogP contribution >= 0.6 is 0 Å². The van der Waals surface area contributed by atoms with Crippen LogP contribution in [-0.4, -0.2) is 47.9 Å². The molecule has 22 heavy (non-hydrogen) atoms. The third kappa shape index (κ3) is 5.14. The number of hydrogen-bond acceptors (Lipinski definition) is 4. The highest BCUT2D eigenvalue weighted by molar-refractivity contribution is 6.03. The fourth-order valence-electron chi connectivity index (χ4n) is 1.73. The van der Waals surface area contributed by atoms with Gasteiger partial charge in [-0.15, -0.1) is 0 Å². The molecule has 0 aromatic heterocycles. The predicted octanol–water partition coefficient (Wildman–Crippen LogP) is 2.12. The highest BCUT2D eigenvalue weighted by atomic mass is 16.7. The Morgan fingerprint density at radius 1 is 1.18 bits per heavy atom. The fraction of sp³-hybridized carbons (Fsp3) is 0.312. The Labute approximate surface area is 129 Å². The fourth-order valence-corrected chi connectivity index (χ4v) is 1.73. The molecule has 0 aliphatic carbocycles. The van der Waals surface area contributed by atoms with Crippen LogP contribution in [0.5, 0.6) is 0 Å². The average Bonchev–Trinajstić information content (AvgIpc) is 2.55. The molecule has 0 saturated heterocycles.